The minimum Gasteiger partial charge on any atom is -0.444 e. The average Bonchev–Trinajstić information content (AvgIpc) is 2.73. The molecule has 0 aliphatic carbocycles. The summed E-state index contributed by atoms with van der Waals surface area (Å²) in [6.45, 7) is 11.0. The predicted octanol–water partition coefficient (Wildman–Crippen LogP) is 4.91. The SMILES string of the molecule is Cc1cnc(CNC(=O)c2cccc(Cl)c2Cl)c(N2CCC(C)(NC(=O)OC(C)(C)C)CC2)n1. The van der Waals surface area contributed by atoms with Crippen LogP contribution in [0, 0.1) is 6.92 Å². The minimum absolute atomic E-state index is 0.189. The number of aryl methyl sites for hydroxylation is 1. The summed E-state index contributed by atoms with van der Waals surface area (Å²) in [5.74, 6) is 0.380. The Morgan fingerprint density at radius 2 is 1.88 bits per heavy atom. The number of carbonyl (C=O) groups is 2. The summed E-state index contributed by atoms with van der Waals surface area (Å²) in [7, 11) is 0. The molecule has 1 aliphatic heterocycles. The zero-order valence-corrected chi connectivity index (χ0v) is 21.7. The van der Waals surface area contributed by atoms with Gasteiger partial charge >= 0.3 is 6.09 Å². The van der Waals surface area contributed by atoms with Crippen molar-refractivity contribution in [1.29, 1.82) is 0 Å². The molecule has 184 valence electrons. The Morgan fingerprint density at radius 3 is 2.53 bits per heavy atom. The summed E-state index contributed by atoms with van der Waals surface area (Å²) < 4.78 is 5.41. The monoisotopic (exact) mass is 507 g/mol. The molecule has 0 unspecified atom stereocenters. The van der Waals surface area contributed by atoms with E-state index in [1.165, 1.54) is 0 Å². The fraction of sp³-hybridized carbons (Fsp3) is 0.500. The number of aromatic nitrogens is 2. The van der Waals surface area contributed by atoms with Gasteiger partial charge in [0.2, 0.25) is 0 Å². The highest BCUT2D eigenvalue weighted by molar-refractivity contribution is 6.43. The van der Waals surface area contributed by atoms with Crippen molar-refractivity contribution < 1.29 is 14.3 Å². The largest absolute Gasteiger partial charge is 0.444 e. The molecular weight excluding hydrogens is 477 g/mol. The van der Waals surface area contributed by atoms with E-state index in [1.54, 1.807) is 24.4 Å². The predicted molar refractivity (Wildman–Crippen MR) is 134 cm³/mol. The van der Waals surface area contributed by atoms with Crippen molar-refractivity contribution >= 4 is 41.0 Å². The number of piperidine rings is 1. The lowest BCUT2D eigenvalue weighted by Gasteiger charge is -2.41. The van der Waals surface area contributed by atoms with E-state index in [0.29, 0.717) is 42.2 Å². The van der Waals surface area contributed by atoms with E-state index in [2.05, 4.69) is 25.5 Å². The summed E-state index contributed by atoms with van der Waals surface area (Å²) in [5.41, 5.74) is 0.808. The molecule has 0 saturated carbocycles. The molecule has 1 fully saturated rings. The topological polar surface area (TPSA) is 96.5 Å². The van der Waals surface area contributed by atoms with Crippen LogP contribution < -0.4 is 15.5 Å². The molecule has 8 nitrogen and oxygen atoms in total. The molecule has 0 spiro atoms. The summed E-state index contributed by atoms with van der Waals surface area (Å²) in [6, 6.07) is 4.93. The van der Waals surface area contributed by atoms with Gasteiger partial charge in [0.05, 0.1) is 27.8 Å². The second-order valence-corrected chi connectivity index (χ2v) is 10.5. The molecule has 3 rings (SSSR count). The Bertz CT molecular complexity index is 1060. The minimum atomic E-state index is -0.549. The van der Waals surface area contributed by atoms with E-state index in [1.807, 2.05) is 34.6 Å². The number of hydrogen-bond acceptors (Lipinski definition) is 6. The van der Waals surface area contributed by atoms with Crippen LogP contribution in [0.25, 0.3) is 0 Å². The number of nitrogens with one attached hydrogen (secondary N) is 2. The Balaban J connectivity index is 1.67. The van der Waals surface area contributed by atoms with Crippen molar-refractivity contribution in [2.24, 2.45) is 0 Å². The Morgan fingerprint density at radius 1 is 1.21 bits per heavy atom. The number of rotatable bonds is 5. The number of anilines is 1. The molecule has 10 heteroatoms. The highest BCUT2D eigenvalue weighted by Crippen LogP contribution is 2.28. The lowest BCUT2D eigenvalue weighted by atomic mass is 9.89. The fourth-order valence-electron chi connectivity index (χ4n) is 3.69. The van der Waals surface area contributed by atoms with Crippen molar-refractivity contribution in [3.63, 3.8) is 0 Å². The lowest BCUT2D eigenvalue weighted by molar-refractivity contribution is 0.0448. The third kappa shape index (κ3) is 6.73. The first-order valence-corrected chi connectivity index (χ1v) is 11.9. The van der Waals surface area contributed by atoms with Gasteiger partial charge in [-0.1, -0.05) is 29.3 Å². The van der Waals surface area contributed by atoms with Gasteiger partial charge < -0.3 is 20.3 Å². The normalized spacial score (nSPS) is 15.6. The van der Waals surface area contributed by atoms with E-state index in [9.17, 15) is 9.59 Å². The molecule has 2 amide bonds. The van der Waals surface area contributed by atoms with Crippen LogP contribution in [-0.2, 0) is 11.3 Å². The molecule has 0 radical (unpaired) electrons. The second-order valence-electron chi connectivity index (χ2n) is 9.74. The van der Waals surface area contributed by atoms with E-state index in [-0.39, 0.29) is 23.0 Å². The third-order valence-corrected chi connectivity index (χ3v) is 6.35. The molecule has 1 saturated heterocycles. The second kappa shape index (κ2) is 10.4. The maximum absolute atomic E-state index is 12.7. The number of amides is 2. The summed E-state index contributed by atoms with van der Waals surface area (Å²) in [6.07, 6.45) is 2.69. The van der Waals surface area contributed by atoms with Crippen molar-refractivity contribution in [2.75, 3.05) is 18.0 Å². The third-order valence-electron chi connectivity index (χ3n) is 5.53. The quantitative estimate of drug-likeness (QED) is 0.596. The van der Waals surface area contributed by atoms with Gasteiger partial charge in [-0.2, -0.15) is 0 Å². The summed E-state index contributed by atoms with van der Waals surface area (Å²) >= 11 is 12.2. The molecule has 34 heavy (non-hydrogen) atoms. The van der Waals surface area contributed by atoms with E-state index in [4.69, 9.17) is 27.9 Å². The van der Waals surface area contributed by atoms with Gasteiger partial charge in [-0.3, -0.25) is 9.78 Å². The number of nitrogens with zero attached hydrogens (tertiary/aromatic N) is 3. The van der Waals surface area contributed by atoms with Crippen LogP contribution in [0.3, 0.4) is 0 Å². The van der Waals surface area contributed by atoms with Crippen LogP contribution in [0.5, 0.6) is 0 Å². The van der Waals surface area contributed by atoms with Gasteiger partial charge in [0.1, 0.15) is 11.3 Å². The van der Waals surface area contributed by atoms with Crippen LogP contribution >= 0.6 is 23.2 Å². The molecule has 1 aromatic carbocycles. The number of carbonyl (C=O) groups excluding carboxylic acids is 2. The van der Waals surface area contributed by atoms with Gasteiger partial charge in [-0.15, -0.1) is 0 Å². The Hall–Kier alpha value is -2.58. The maximum Gasteiger partial charge on any atom is 0.408 e. The lowest BCUT2D eigenvalue weighted by Crippen LogP contribution is -2.54. The Labute approximate surface area is 210 Å². The zero-order valence-electron chi connectivity index (χ0n) is 20.2. The number of benzene rings is 1. The van der Waals surface area contributed by atoms with Gasteiger partial charge in [-0.25, -0.2) is 9.78 Å². The van der Waals surface area contributed by atoms with Crippen LogP contribution in [-0.4, -0.2) is 46.2 Å². The van der Waals surface area contributed by atoms with E-state index < -0.39 is 11.7 Å². The van der Waals surface area contributed by atoms with E-state index >= 15 is 0 Å². The van der Waals surface area contributed by atoms with Crippen LogP contribution in [0.15, 0.2) is 24.4 Å². The van der Waals surface area contributed by atoms with Crippen molar-refractivity contribution in [1.82, 2.24) is 20.6 Å². The maximum atomic E-state index is 12.7. The first-order valence-electron chi connectivity index (χ1n) is 11.2. The van der Waals surface area contributed by atoms with Crippen molar-refractivity contribution in [3.05, 3.63) is 51.4 Å². The highest BCUT2D eigenvalue weighted by atomic mass is 35.5. The molecule has 2 N–H and O–H groups in total. The molecule has 0 bridgehead atoms. The molecule has 1 aliphatic rings. The average molecular weight is 508 g/mol. The van der Waals surface area contributed by atoms with Gasteiger partial charge in [0.15, 0.2) is 5.82 Å². The molecule has 1 aromatic heterocycles. The number of ether oxygens (including phenoxy) is 1. The number of halogens is 2. The Kier molecular flexibility index (Phi) is 7.93. The molecule has 2 aromatic rings. The van der Waals surface area contributed by atoms with Crippen LogP contribution in [0.2, 0.25) is 10.0 Å². The van der Waals surface area contributed by atoms with Crippen molar-refractivity contribution in [3.8, 4) is 0 Å². The van der Waals surface area contributed by atoms with Gasteiger partial charge in [0.25, 0.3) is 5.91 Å². The molecule has 2 heterocycles. The van der Waals surface area contributed by atoms with Gasteiger partial charge in [0, 0.05) is 24.8 Å². The molecule has 0 atom stereocenters. The first-order chi connectivity index (χ1) is 15.9. The van der Waals surface area contributed by atoms with Crippen LogP contribution in [0.1, 0.15) is 62.3 Å². The molecular formula is C24H31Cl2N5O3. The smallest absolute Gasteiger partial charge is 0.408 e. The first kappa shape index (κ1) is 26.0. The fourth-order valence-corrected chi connectivity index (χ4v) is 4.08. The van der Waals surface area contributed by atoms with E-state index in [0.717, 1.165) is 11.5 Å². The van der Waals surface area contributed by atoms with Crippen LogP contribution in [0.4, 0.5) is 10.6 Å². The number of alkyl carbamates (subject to hydrolysis) is 1. The zero-order chi connectivity index (χ0) is 25.1. The van der Waals surface area contributed by atoms with Crippen molar-refractivity contribution in [2.45, 2.75) is 65.1 Å². The number of hydrogen-bond donors (Lipinski definition) is 2. The van der Waals surface area contributed by atoms with Gasteiger partial charge in [-0.05, 0) is 59.6 Å². The summed E-state index contributed by atoms with van der Waals surface area (Å²) in [5, 5.41) is 6.41. The summed E-state index contributed by atoms with van der Waals surface area (Å²) in [4.78, 5) is 36.3. The highest BCUT2D eigenvalue weighted by Gasteiger charge is 2.34. The standard InChI is InChI=1S/C24H31Cl2N5O3/c1-15-13-27-18(14-28-21(32)16-7-6-8-17(25)19(16)26)20(29-15)31-11-9-24(5,10-12-31)30-22(33)34-23(2,3)4/h6-8,13H,9-12,14H2,1-5H3,(H,28,32)(H,30,33).